The van der Waals surface area contributed by atoms with Crippen LogP contribution >= 0.6 is 0 Å². The summed E-state index contributed by atoms with van der Waals surface area (Å²) in [6, 6.07) is 6.96. The molecule has 0 aliphatic heterocycles. The van der Waals surface area contributed by atoms with Crippen LogP contribution in [0.5, 0.6) is 11.5 Å². The Kier molecular flexibility index (Phi) is 4.42. The molecule has 5 nitrogen and oxygen atoms in total. The van der Waals surface area contributed by atoms with E-state index >= 15 is 0 Å². The molecule has 0 unspecified atom stereocenters. The van der Waals surface area contributed by atoms with E-state index in [4.69, 9.17) is 10.00 Å². The molecule has 1 aliphatic rings. The van der Waals surface area contributed by atoms with Gasteiger partial charge in [-0.25, -0.2) is 21.6 Å². The minimum Gasteiger partial charge on any atom is -0.457 e. The second-order valence-electron chi connectivity index (χ2n) is 5.84. The molecule has 0 fully saturated rings. The topological polar surface area (TPSA) is 87.4 Å². The molecule has 1 aliphatic carbocycles. The number of nitrogens with zero attached hydrogens (tertiary/aromatic N) is 1. The average molecular weight is 383 g/mol. The Morgan fingerprint density at radius 3 is 2.50 bits per heavy atom. The monoisotopic (exact) mass is 383 g/mol. The summed E-state index contributed by atoms with van der Waals surface area (Å²) in [4.78, 5) is -0.410. The summed E-state index contributed by atoms with van der Waals surface area (Å²) in [7, 11) is -3.87. The quantitative estimate of drug-likeness (QED) is 0.879. The van der Waals surface area contributed by atoms with Crippen molar-refractivity contribution in [2.45, 2.75) is 23.3 Å². The van der Waals surface area contributed by atoms with Crippen LogP contribution < -0.4 is 4.74 Å². The van der Waals surface area contributed by atoms with E-state index in [1.165, 1.54) is 6.07 Å². The van der Waals surface area contributed by atoms with Crippen molar-refractivity contribution in [2.75, 3.05) is 6.26 Å². The number of aliphatic hydroxyl groups is 1. The minimum absolute atomic E-state index is 0.0513. The molecule has 2 aromatic rings. The third-order valence-electron chi connectivity index (χ3n) is 3.99. The SMILES string of the molecule is CS(=O)(=O)c1ccc(Oc2cc(F)cc(C#N)c2)c2c1[C@@H](O)[C@@H](F)[C@H]2F. The fourth-order valence-corrected chi connectivity index (χ4v) is 3.84. The number of ether oxygens (including phenoxy) is 1. The lowest BCUT2D eigenvalue weighted by atomic mass is 10.1. The number of rotatable bonds is 3. The first-order valence-corrected chi connectivity index (χ1v) is 9.24. The van der Waals surface area contributed by atoms with Crippen molar-refractivity contribution >= 4 is 9.84 Å². The van der Waals surface area contributed by atoms with Gasteiger partial charge in [0, 0.05) is 23.4 Å². The molecule has 0 saturated heterocycles. The first kappa shape index (κ1) is 18.2. The van der Waals surface area contributed by atoms with E-state index in [2.05, 4.69) is 0 Å². The third-order valence-corrected chi connectivity index (χ3v) is 5.14. The van der Waals surface area contributed by atoms with Crippen molar-refractivity contribution < 1.29 is 31.4 Å². The van der Waals surface area contributed by atoms with Crippen LogP contribution in [0, 0.1) is 17.1 Å². The first-order chi connectivity index (χ1) is 12.1. The van der Waals surface area contributed by atoms with Crippen LogP contribution in [0.1, 0.15) is 29.0 Å². The Hall–Kier alpha value is -2.57. The second-order valence-corrected chi connectivity index (χ2v) is 7.83. The van der Waals surface area contributed by atoms with Crippen LogP contribution in [0.2, 0.25) is 0 Å². The number of hydrogen-bond acceptors (Lipinski definition) is 5. The van der Waals surface area contributed by atoms with Crippen molar-refractivity contribution in [3.05, 3.63) is 52.8 Å². The van der Waals surface area contributed by atoms with Crippen molar-refractivity contribution in [1.29, 1.82) is 5.26 Å². The van der Waals surface area contributed by atoms with Gasteiger partial charge in [0.05, 0.1) is 16.5 Å². The summed E-state index contributed by atoms with van der Waals surface area (Å²) in [6.45, 7) is 0. The predicted molar refractivity (Wildman–Crippen MR) is 84.4 cm³/mol. The molecule has 136 valence electrons. The van der Waals surface area contributed by atoms with Crippen LogP contribution in [-0.2, 0) is 9.84 Å². The molecule has 1 N–H and O–H groups in total. The number of aliphatic hydroxyl groups excluding tert-OH is 1. The smallest absolute Gasteiger partial charge is 0.175 e. The van der Waals surface area contributed by atoms with E-state index in [9.17, 15) is 26.7 Å². The summed E-state index contributed by atoms with van der Waals surface area (Å²) in [5.41, 5.74) is -0.915. The summed E-state index contributed by atoms with van der Waals surface area (Å²) in [6.07, 6.45) is -5.81. The van der Waals surface area contributed by atoms with Crippen LogP contribution in [-0.4, -0.2) is 26.0 Å². The van der Waals surface area contributed by atoms with E-state index < -0.39 is 50.1 Å². The third kappa shape index (κ3) is 3.02. The fraction of sp³-hybridized carbons (Fsp3) is 0.235. The maximum atomic E-state index is 14.4. The maximum Gasteiger partial charge on any atom is 0.175 e. The van der Waals surface area contributed by atoms with Gasteiger partial charge < -0.3 is 9.84 Å². The van der Waals surface area contributed by atoms with E-state index in [1.807, 2.05) is 0 Å². The molecule has 0 saturated carbocycles. The number of hydrogen-bond donors (Lipinski definition) is 1. The van der Waals surface area contributed by atoms with E-state index in [1.54, 1.807) is 6.07 Å². The zero-order valence-electron chi connectivity index (χ0n) is 13.3. The summed E-state index contributed by atoms with van der Waals surface area (Å²) in [5.74, 6) is -1.20. The van der Waals surface area contributed by atoms with Gasteiger partial charge >= 0.3 is 0 Å². The summed E-state index contributed by atoms with van der Waals surface area (Å²) >= 11 is 0. The van der Waals surface area contributed by atoms with Gasteiger partial charge in [-0.15, -0.1) is 0 Å². The fourth-order valence-electron chi connectivity index (χ4n) is 2.89. The Bertz CT molecular complexity index is 1030. The van der Waals surface area contributed by atoms with E-state index in [0.29, 0.717) is 0 Å². The summed E-state index contributed by atoms with van der Waals surface area (Å²) < 4.78 is 71.0. The van der Waals surface area contributed by atoms with Gasteiger partial charge in [0.15, 0.2) is 22.2 Å². The highest BCUT2D eigenvalue weighted by Crippen LogP contribution is 2.50. The van der Waals surface area contributed by atoms with Gasteiger partial charge in [0.25, 0.3) is 0 Å². The van der Waals surface area contributed by atoms with E-state index in [0.717, 1.165) is 30.5 Å². The lowest BCUT2D eigenvalue weighted by molar-refractivity contribution is 0.0454. The number of sulfone groups is 1. The Morgan fingerprint density at radius 1 is 1.19 bits per heavy atom. The molecule has 0 amide bonds. The van der Waals surface area contributed by atoms with Crippen molar-refractivity contribution in [3.63, 3.8) is 0 Å². The largest absolute Gasteiger partial charge is 0.457 e. The normalized spacial score (nSPS) is 21.9. The Labute approximate surface area is 147 Å². The molecule has 0 spiro atoms. The van der Waals surface area contributed by atoms with Gasteiger partial charge in [0.2, 0.25) is 0 Å². The highest BCUT2D eigenvalue weighted by Gasteiger charge is 2.45. The van der Waals surface area contributed by atoms with Gasteiger partial charge in [-0.1, -0.05) is 0 Å². The predicted octanol–water partition coefficient (Wildman–Crippen LogP) is 3.29. The zero-order chi connectivity index (χ0) is 19.2. The van der Waals surface area contributed by atoms with Gasteiger partial charge in [-0.2, -0.15) is 5.26 Å². The lowest BCUT2D eigenvalue weighted by Gasteiger charge is -2.15. The van der Waals surface area contributed by atoms with Crippen LogP contribution in [0.25, 0.3) is 0 Å². The second kappa shape index (κ2) is 6.30. The number of alkyl halides is 2. The molecule has 3 atom stereocenters. The number of halogens is 3. The van der Waals surface area contributed by atoms with Crippen molar-refractivity contribution in [1.82, 2.24) is 0 Å². The molecule has 0 bridgehead atoms. The molecule has 0 radical (unpaired) electrons. The Balaban J connectivity index is 2.17. The maximum absolute atomic E-state index is 14.4. The van der Waals surface area contributed by atoms with Crippen molar-refractivity contribution in [3.8, 4) is 17.6 Å². The van der Waals surface area contributed by atoms with Crippen LogP contribution in [0.4, 0.5) is 13.2 Å². The molecule has 26 heavy (non-hydrogen) atoms. The standard InChI is InChI=1S/C17H12F3NO4S/c1-26(23,24)12-3-2-11(13-14(12)17(22)16(20)15(13)19)25-10-5-8(7-21)4-9(18)6-10/h2-6,15-17,22H,1H3/t15-,16-,17+/m0/s1. The van der Waals surface area contributed by atoms with Crippen molar-refractivity contribution in [2.24, 2.45) is 0 Å². The molecule has 0 aromatic heterocycles. The highest BCUT2D eigenvalue weighted by molar-refractivity contribution is 7.90. The van der Waals surface area contributed by atoms with Gasteiger partial charge in [-0.05, 0) is 24.3 Å². The molecular weight excluding hydrogens is 371 g/mol. The van der Waals surface area contributed by atoms with Crippen LogP contribution in [0.15, 0.2) is 35.2 Å². The number of nitriles is 1. The lowest BCUT2D eigenvalue weighted by Crippen LogP contribution is -2.11. The summed E-state index contributed by atoms with van der Waals surface area (Å²) in [5, 5.41) is 18.8. The number of benzene rings is 2. The first-order valence-electron chi connectivity index (χ1n) is 7.35. The van der Waals surface area contributed by atoms with E-state index in [-0.39, 0.29) is 17.1 Å². The average Bonchev–Trinajstić information content (AvgIpc) is 2.79. The molecule has 0 heterocycles. The van der Waals surface area contributed by atoms with Gasteiger partial charge in [-0.3, -0.25) is 0 Å². The highest BCUT2D eigenvalue weighted by atomic mass is 32.2. The molecule has 2 aromatic carbocycles. The Morgan fingerprint density at radius 2 is 1.88 bits per heavy atom. The minimum atomic E-state index is -3.87. The molecule has 3 rings (SSSR count). The van der Waals surface area contributed by atoms with Gasteiger partial charge in [0.1, 0.15) is 23.4 Å². The van der Waals surface area contributed by atoms with Crippen LogP contribution in [0.3, 0.4) is 0 Å². The number of fused-ring (bicyclic) bond motifs is 1. The molecular formula is C17H12F3NO4S. The molecule has 9 heteroatoms. The zero-order valence-corrected chi connectivity index (χ0v) is 14.1.